The molecule has 25 heavy (non-hydrogen) atoms. The molecule has 5 heteroatoms. The van der Waals surface area contributed by atoms with Crippen molar-refractivity contribution in [2.75, 3.05) is 6.54 Å². The van der Waals surface area contributed by atoms with E-state index in [1.807, 2.05) is 12.1 Å². The highest BCUT2D eigenvalue weighted by atomic mass is 35.5. The Morgan fingerprint density at radius 3 is 2.60 bits per heavy atom. The van der Waals surface area contributed by atoms with Gasteiger partial charge in [-0.1, -0.05) is 60.8 Å². The molecule has 0 amide bonds. The maximum absolute atomic E-state index is 6.35. The van der Waals surface area contributed by atoms with Crippen LogP contribution in [0.2, 0.25) is 10.0 Å². The number of aromatic nitrogens is 1. The van der Waals surface area contributed by atoms with Gasteiger partial charge in [0.05, 0.1) is 0 Å². The van der Waals surface area contributed by atoms with Crippen molar-refractivity contribution in [2.24, 2.45) is 0 Å². The molecule has 0 saturated heterocycles. The summed E-state index contributed by atoms with van der Waals surface area (Å²) >= 11 is 12.3. The number of para-hydroxylation sites is 1. The number of nitrogens with one attached hydrogen (secondary N) is 1. The minimum atomic E-state index is 0. The first-order valence-electron chi connectivity index (χ1n) is 8.40. The number of hydrogen-bond acceptors (Lipinski definition) is 1. The van der Waals surface area contributed by atoms with E-state index in [9.17, 15) is 0 Å². The molecule has 1 aromatic heterocycles. The van der Waals surface area contributed by atoms with Gasteiger partial charge in [-0.3, -0.25) is 0 Å². The minimum Gasteiger partial charge on any atom is -0.343 e. The summed E-state index contributed by atoms with van der Waals surface area (Å²) in [4.78, 5) is 0. The van der Waals surface area contributed by atoms with Gasteiger partial charge in [0, 0.05) is 40.2 Å². The Balaban J connectivity index is 0.00000225. The summed E-state index contributed by atoms with van der Waals surface area (Å²) in [5, 5.41) is 6.21. The Labute approximate surface area is 165 Å². The molecule has 134 valence electrons. The lowest BCUT2D eigenvalue weighted by molar-refractivity contribution is 0.641. The average molecular weight is 398 g/mol. The van der Waals surface area contributed by atoms with Crippen molar-refractivity contribution in [1.82, 2.24) is 9.88 Å². The zero-order valence-electron chi connectivity index (χ0n) is 14.3. The lowest BCUT2D eigenvalue weighted by Gasteiger charge is -2.08. The van der Waals surface area contributed by atoms with Gasteiger partial charge < -0.3 is 9.88 Å². The minimum absolute atomic E-state index is 0. The predicted octanol–water partition coefficient (Wildman–Crippen LogP) is 6.31. The van der Waals surface area contributed by atoms with E-state index in [2.05, 4.69) is 47.3 Å². The Bertz CT molecular complexity index is 827. The van der Waals surface area contributed by atoms with Crippen LogP contribution in [0.5, 0.6) is 0 Å². The zero-order valence-corrected chi connectivity index (χ0v) is 16.6. The smallest absolute Gasteiger partial charge is 0.0491 e. The number of halogens is 3. The molecule has 1 heterocycles. The SMILES string of the molecule is CCCCNCc1cn(Cc2ccc(Cl)cc2Cl)c2ccccc12.Cl. The summed E-state index contributed by atoms with van der Waals surface area (Å²) in [6, 6.07) is 14.2. The number of fused-ring (bicyclic) bond motifs is 1. The first-order chi connectivity index (χ1) is 11.7. The summed E-state index contributed by atoms with van der Waals surface area (Å²) in [6.45, 7) is 4.90. The van der Waals surface area contributed by atoms with Gasteiger partial charge in [-0.15, -0.1) is 12.4 Å². The molecular formula is C20H23Cl3N2. The van der Waals surface area contributed by atoms with E-state index < -0.39 is 0 Å². The van der Waals surface area contributed by atoms with Crippen molar-refractivity contribution in [3.8, 4) is 0 Å². The maximum atomic E-state index is 6.35. The second-order valence-electron chi connectivity index (χ2n) is 6.07. The first-order valence-corrected chi connectivity index (χ1v) is 9.16. The van der Waals surface area contributed by atoms with Crippen LogP contribution >= 0.6 is 35.6 Å². The number of rotatable bonds is 7. The molecule has 0 aliphatic carbocycles. The first kappa shape index (κ1) is 20.1. The standard InChI is InChI=1S/C20H22Cl2N2.ClH/c1-2-3-10-23-12-16-14-24(20-7-5-4-6-18(16)20)13-15-8-9-17(21)11-19(15)22;/h4-9,11,14,23H,2-3,10,12-13H2,1H3;1H. The largest absolute Gasteiger partial charge is 0.343 e. The number of benzene rings is 2. The van der Waals surface area contributed by atoms with Gasteiger partial charge in [-0.2, -0.15) is 0 Å². The third-order valence-corrected chi connectivity index (χ3v) is 4.84. The summed E-state index contributed by atoms with van der Waals surface area (Å²) in [7, 11) is 0. The van der Waals surface area contributed by atoms with Crippen LogP contribution in [0.3, 0.4) is 0 Å². The molecule has 1 N–H and O–H groups in total. The quantitative estimate of drug-likeness (QED) is 0.462. The molecule has 0 aliphatic rings. The Morgan fingerprint density at radius 1 is 1.04 bits per heavy atom. The van der Waals surface area contributed by atoms with Gasteiger partial charge in [-0.25, -0.2) is 0 Å². The molecule has 0 spiro atoms. The van der Waals surface area contributed by atoms with Crippen LogP contribution in [0.1, 0.15) is 30.9 Å². The molecule has 2 nitrogen and oxygen atoms in total. The van der Waals surface area contributed by atoms with Crippen molar-refractivity contribution in [1.29, 1.82) is 0 Å². The molecular weight excluding hydrogens is 375 g/mol. The van der Waals surface area contributed by atoms with Gasteiger partial charge in [0.15, 0.2) is 0 Å². The van der Waals surface area contributed by atoms with Crippen molar-refractivity contribution in [3.05, 3.63) is 69.8 Å². The molecule has 3 rings (SSSR count). The second kappa shape index (κ2) is 9.49. The lowest BCUT2D eigenvalue weighted by Crippen LogP contribution is -2.14. The summed E-state index contributed by atoms with van der Waals surface area (Å²) in [5.41, 5.74) is 3.63. The van der Waals surface area contributed by atoms with Crippen LogP contribution in [0.25, 0.3) is 10.9 Å². The van der Waals surface area contributed by atoms with E-state index in [0.717, 1.165) is 25.2 Å². The highest BCUT2D eigenvalue weighted by molar-refractivity contribution is 6.35. The fraction of sp³-hybridized carbons (Fsp3) is 0.300. The van der Waals surface area contributed by atoms with Crippen LogP contribution in [0.15, 0.2) is 48.7 Å². The molecule has 3 aromatic rings. The molecule has 0 fully saturated rings. The predicted molar refractivity (Wildman–Crippen MR) is 111 cm³/mol. The van der Waals surface area contributed by atoms with Crippen LogP contribution in [-0.4, -0.2) is 11.1 Å². The van der Waals surface area contributed by atoms with Crippen LogP contribution in [0.4, 0.5) is 0 Å². The number of hydrogen-bond donors (Lipinski definition) is 1. The lowest BCUT2D eigenvalue weighted by atomic mass is 10.2. The Hall–Kier alpha value is -1.19. The second-order valence-corrected chi connectivity index (χ2v) is 6.91. The third-order valence-electron chi connectivity index (χ3n) is 4.25. The molecule has 0 radical (unpaired) electrons. The van der Waals surface area contributed by atoms with E-state index in [1.165, 1.54) is 29.3 Å². The van der Waals surface area contributed by atoms with Crippen LogP contribution in [0, 0.1) is 0 Å². The van der Waals surface area contributed by atoms with Crippen molar-refractivity contribution in [3.63, 3.8) is 0 Å². The molecule has 0 aliphatic heterocycles. The molecule has 0 atom stereocenters. The van der Waals surface area contributed by atoms with Crippen molar-refractivity contribution >= 4 is 46.5 Å². The molecule has 0 unspecified atom stereocenters. The van der Waals surface area contributed by atoms with Crippen LogP contribution < -0.4 is 5.32 Å². The molecule has 2 aromatic carbocycles. The van der Waals surface area contributed by atoms with E-state index in [0.29, 0.717) is 10.0 Å². The summed E-state index contributed by atoms with van der Waals surface area (Å²) in [5.74, 6) is 0. The van der Waals surface area contributed by atoms with Crippen LogP contribution in [-0.2, 0) is 13.1 Å². The zero-order chi connectivity index (χ0) is 16.9. The maximum Gasteiger partial charge on any atom is 0.0491 e. The monoisotopic (exact) mass is 396 g/mol. The number of unbranched alkanes of at least 4 members (excludes halogenated alkanes) is 1. The van der Waals surface area contributed by atoms with Gasteiger partial charge in [-0.05, 0) is 42.3 Å². The molecule has 0 saturated carbocycles. The van der Waals surface area contributed by atoms with E-state index in [1.54, 1.807) is 6.07 Å². The Morgan fingerprint density at radius 2 is 1.84 bits per heavy atom. The van der Waals surface area contributed by atoms with E-state index >= 15 is 0 Å². The number of nitrogens with zero attached hydrogens (tertiary/aromatic N) is 1. The van der Waals surface area contributed by atoms with Crippen molar-refractivity contribution < 1.29 is 0 Å². The average Bonchev–Trinajstić information content (AvgIpc) is 2.92. The molecule has 0 bridgehead atoms. The van der Waals surface area contributed by atoms with Gasteiger partial charge >= 0.3 is 0 Å². The van der Waals surface area contributed by atoms with Gasteiger partial charge in [0.25, 0.3) is 0 Å². The fourth-order valence-electron chi connectivity index (χ4n) is 2.95. The third kappa shape index (κ3) is 4.92. The van der Waals surface area contributed by atoms with Crippen molar-refractivity contribution in [2.45, 2.75) is 32.9 Å². The highest BCUT2D eigenvalue weighted by Crippen LogP contribution is 2.26. The fourth-order valence-corrected chi connectivity index (χ4v) is 3.42. The topological polar surface area (TPSA) is 17.0 Å². The van der Waals surface area contributed by atoms with E-state index in [-0.39, 0.29) is 12.4 Å². The van der Waals surface area contributed by atoms with Gasteiger partial charge in [0.1, 0.15) is 0 Å². The summed E-state index contributed by atoms with van der Waals surface area (Å²) < 4.78 is 2.27. The Kier molecular flexibility index (Phi) is 7.64. The van der Waals surface area contributed by atoms with E-state index in [4.69, 9.17) is 23.2 Å². The van der Waals surface area contributed by atoms with Gasteiger partial charge in [0.2, 0.25) is 0 Å². The normalized spacial score (nSPS) is 10.8. The highest BCUT2D eigenvalue weighted by Gasteiger charge is 2.10. The summed E-state index contributed by atoms with van der Waals surface area (Å²) in [6.07, 6.45) is 4.65.